The van der Waals surface area contributed by atoms with Crippen LogP contribution in [0.25, 0.3) is 22.4 Å². The van der Waals surface area contributed by atoms with E-state index in [2.05, 4.69) is 50.8 Å². The summed E-state index contributed by atoms with van der Waals surface area (Å²) in [5, 5.41) is 1.79. The van der Waals surface area contributed by atoms with Crippen LogP contribution in [0.3, 0.4) is 0 Å². The van der Waals surface area contributed by atoms with E-state index in [-0.39, 0.29) is 11.1 Å². The first-order valence-corrected chi connectivity index (χ1v) is 13.8. The number of aryl methyl sites for hydroxylation is 3. The summed E-state index contributed by atoms with van der Waals surface area (Å²) in [5.41, 5.74) is 6.24. The highest BCUT2D eigenvalue weighted by atomic mass is 19.2. The van der Waals surface area contributed by atoms with Gasteiger partial charge >= 0.3 is 0 Å². The number of unbranched alkanes of at least 4 members (excludes halogenated alkanes) is 2. The SMILES string of the molecule is CCCCc1ccc(C(F)=C(F)c2ccc3cc(C#Cc4ccc(CCCC)cc4CC)ccc3c2)cc1. The Kier molecular flexibility index (Phi) is 9.50. The van der Waals surface area contributed by atoms with E-state index in [4.69, 9.17) is 0 Å². The zero-order valence-electron chi connectivity index (χ0n) is 22.7. The highest BCUT2D eigenvalue weighted by molar-refractivity contribution is 5.90. The maximum Gasteiger partial charge on any atom is 0.166 e. The van der Waals surface area contributed by atoms with Gasteiger partial charge < -0.3 is 0 Å². The van der Waals surface area contributed by atoms with E-state index < -0.39 is 11.7 Å². The zero-order valence-corrected chi connectivity index (χ0v) is 22.7. The predicted octanol–water partition coefficient (Wildman–Crippen LogP) is 10.3. The summed E-state index contributed by atoms with van der Waals surface area (Å²) in [7, 11) is 0. The molecule has 194 valence electrons. The molecule has 0 heterocycles. The number of halogens is 2. The van der Waals surface area contributed by atoms with Gasteiger partial charge in [0.15, 0.2) is 11.7 Å². The van der Waals surface area contributed by atoms with E-state index in [9.17, 15) is 4.39 Å². The van der Waals surface area contributed by atoms with Crippen molar-refractivity contribution in [1.82, 2.24) is 0 Å². The van der Waals surface area contributed by atoms with Gasteiger partial charge in [0.1, 0.15) is 0 Å². The molecule has 4 rings (SSSR count). The quantitative estimate of drug-likeness (QED) is 0.156. The molecule has 0 saturated carbocycles. The Labute approximate surface area is 226 Å². The first-order valence-electron chi connectivity index (χ1n) is 13.8. The summed E-state index contributed by atoms with van der Waals surface area (Å²) in [6.45, 7) is 6.52. The molecule has 0 bridgehead atoms. The van der Waals surface area contributed by atoms with Crippen LogP contribution >= 0.6 is 0 Å². The lowest BCUT2D eigenvalue weighted by atomic mass is 9.98. The lowest BCUT2D eigenvalue weighted by molar-refractivity contribution is 0.700. The molecule has 0 aromatic heterocycles. The first-order chi connectivity index (χ1) is 18.5. The van der Waals surface area contributed by atoms with Crippen molar-refractivity contribution in [3.05, 3.63) is 118 Å². The monoisotopic (exact) mass is 506 g/mol. The number of hydrogen-bond acceptors (Lipinski definition) is 0. The maximum atomic E-state index is 15.1. The number of rotatable bonds is 9. The molecule has 0 aliphatic rings. The molecule has 0 aliphatic heterocycles. The van der Waals surface area contributed by atoms with Gasteiger partial charge in [0.2, 0.25) is 0 Å². The third kappa shape index (κ3) is 6.78. The minimum Gasteiger partial charge on any atom is -0.203 e. The summed E-state index contributed by atoms with van der Waals surface area (Å²) in [5.74, 6) is 4.96. The van der Waals surface area contributed by atoms with Crippen molar-refractivity contribution in [1.29, 1.82) is 0 Å². The zero-order chi connectivity index (χ0) is 26.9. The van der Waals surface area contributed by atoms with Crippen LogP contribution in [0.5, 0.6) is 0 Å². The molecule has 38 heavy (non-hydrogen) atoms. The van der Waals surface area contributed by atoms with Crippen LogP contribution in [0.15, 0.2) is 78.9 Å². The van der Waals surface area contributed by atoms with Crippen molar-refractivity contribution in [2.75, 3.05) is 0 Å². The van der Waals surface area contributed by atoms with E-state index in [0.717, 1.165) is 59.6 Å². The van der Waals surface area contributed by atoms with Crippen LogP contribution in [-0.4, -0.2) is 0 Å². The molecule has 0 aliphatic carbocycles. The second-order valence-corrected chi connectivity index (χ2v) is 9.90. The fraction of sp³-hybridized carbons (Fsp3) is 0.278. The molecule has 0 unspecified atom stereocenters. The number of fused-ring (bicyclic) bond motifs is 1. The topological polar surface area (TPSA) is 0 Å². The fourth-order valence-electron chi connectivity index (χ4n) is 4.65. The Balaban J connectivity index is 1.55. The lowest BCUT2D eigenvalue weighted by Crippen LogP contribution is -1.92. The summed E-state index contributed by atoms with van der Waals surface area (Å²) in [6, 6.07) is 24.7. The van der Waals surface area contributed by atoms with Gasteiger partial charge in [0.05, 0.1) is 0 Å². The lowest BCUT2D eigenvalue weighted by Gasteiger charge is -2.07. The predicted molar refractivity (Wildman–Crippen MR) is 158 cm³/mol. The number of hydrogen-bond donors (Lipinski definition) is 0. The van der Waals surface area contributed by atoms with Crippen molar-refractivity contribution >= 4 is 22.4 Å². The van der Waals surface area contributed by atoms with Gasteiger partial charge in [-0.2, -0.15) is 0 Å². The molecule has 4 aromatic carbocycles. The van der Waals surface area contributed by atoms with E-state index >= 15 is 4.39 Å². The highest BCUT2D eigenvalue weighted by Crippen LogP contribution is 2.31. The van der Waals surface area contributed by atoms with Crippen LogP contribution in [0, 0.1) is 11.8 Å². The van der Waals surface area contributed by atoms with Crippen LogP contribution in [0.2, 0.25) is 0 Å². The third-order valence-corrected chi connectivity index (χ3v) is 7.02. The normalized spacial score (nSPS) is 11.7. The molecule has 4 aromatic rings. The Hall–Kier alpha value is -3.70. The van der Waals surface area contributed by atoms with Crippen LogP contribution in [-0.2, 0) is 19.3 Å². The van der Waals surface area contributed by atoms with Crippen LogP contribution in [0.4, 0.5) is 8.78 Å². The van der Waals surface area contributed by atoms with E-state index in [1.54, 1.807) is 24.3 Å². The third-order valence-electron chi connectivity index (χ3n) is 7.02. The van der Waals surface area contributed by atoms with Gasteiger partial charge in [0.25, 0.3) is 0 Å². The largest absolute Gasteiger partial charge is 0.203 e. The van der Waals surface area contributed by atoms with Gasteiger partial charge in [-0.15, -0.1) is 0 Å². The Bertz CT molecular complexity index is 1480. The first kappa shape index (κ1) is 27.3. The summed E-state index contributed by atoms with van der Waals surface area (Å²) < 4.78 is 30.0. The van der Waals surface area contributed by atoms with Gasteiger partial charge in [-0.05, 0) is 83.8 Å². The smallest absolute Gasteiger partial charge is 0.166 e. The Morgan fingerprint density at radius 3 is 1.92 bits per heavy atom. The average molecular weight is 507 g/mol. The molecular weight excluding hydrogens is 470 g/mol. The molecule has 0 nitrogen and oxygen atoms in total. The summed E-state index contributed by atoms with van der Waals surface area (Å²) in [4.78, 5) is 0. The highest BCUT2D eigenvalue weighted by Gasteiger charge is 2.12. The molecule has 0 radical (unpaired) electrons. The van der Waals surface area contributed by atoms with Crippen molar-refractivity contribution < 1.29 is 8.78 Å². The number of benzene rings is 4. The van der Waals surface area contributed by atoms with Crippen molar-refractivity contribution in [2.45, 2.75) is 65.7 Å². The molecule has 0 spiro atoms. The Morgan fingerprint density at radius 1 is 0.605 bits per heavy atom. The van der Waals surface area contributed by atoms with Crippen molar-refractivity contribution in [3.8, 4) is 11.8 Å². The van der Waals surface area contributed by atoms with E-state index in [1.807, 2.05) is 36.4 Å². The van der Waals surface area contributed by atoms with E-state index in [0.29, 0.717) is 0 Å². The molecule has 0 fully saturated rings. The second kappa shape index (κ2) is 13.2. The van der Waals surface area contributed by atoms with E-state index in [1.165, 1.54) is 24.0 Å². The maximum absolute atomic E-state index is 15.1. The Morgan fingerprint density at radius 2 is 1.21 bits per heavy atom. The molecule has 0 saturated heterocycles. The van der Waals surface area contributed by atoms with Crippen LogP contribution in [0.1, 0.15) is 85.4 Å². The second-order valence-electron chi connectivity index (χ2n) is 9.90. The molecular formula is C36H36F2. The standard InChI is InChI=1S/C36H36F2/c1-4-7-9-26-11-18-31(19-12-26)35(37)36(38)34-22-21-32-24-28(15-20-33(32)25-34)14-17-30-16-13-27(10-8-5-2)23-29(30)6-3/h11-13,15-16,18-25H,4-10H2,1-3H3. The van der Waals surface area contributed by atoms with Gasteiger partial charge in [0, 0.05) is 22.3 Å². The van der Waals surface area contributed by atoms with Gasteiger partial charge in [-0.1, -0.05) is 100 Å². The summed E-state index contributed by atoms with van der Waals surface area (Å²) in [6.07, 6.45) is 7.59. The fourth-order valence-corrected chi connectivity index (χ4v) is 4.65. The van der Waals surface area contributed by atoms with Crippen LogP contribution < -0.4 is 0 Å². The van der Waals surface area contributed by atoms with Gasteiger partial charge in [-0.3, -0.25) is 0 Å². The minimum absolute atomic E-state index is 0.236. The molecule has 0 N–H and O–H groups in total. The van der Waals surface area contributed by atoms with Crippen molar-refractivity contribution in [3.63, 3.8) is 0 Å². The molecule has 0 atom stereocenters. The minimum atomic E-state index is -0.841. The summed E-state index contributed by atoms with van der Waals surface area (Å²) >= 11 is 0. The molecule has 0 amide bonds. The van der Waals surface area contributed by atoms with Gasteiger partial charge in [-0.25, -0.2) is 8.78 Å². The molecule has 2 heteroatoms. The van der Waals surface area contributed by atoms with Crippen molar-refractivity contribution in [2.24, 2.45) is 0 Å². The average Bonchev–Trinajstić information content (AvgIpc) is 2.97.